The number of aliphatic hydroxyl groups excluding tert-OH is 5. The molecule has 1 aliphatic heterocycles. The third kappa shape index (κ3) is 39.4. The van der Waals surface area contributed by atoms with Crippen LogP contribution in [0.3, 0.4) is 0 Å². The zero-order valence-electron chi connectivity index (χ0n) is 47.1. The number of unbranched alkanes of at least 4 members (excludes halogenated alkanes) is 18. The molecule has 428 valence electrons. The maximum atomic E-state index is 13.4. The summed E-state index contributed by atoms with van der Waals surface area (Å²) in [6.45, 7) is 5.58. The molecule has 8 unspecified atom stereocenters. The van der Waals surface area contributed by atoms with Crippen LogP contribution in [0.25, 0.3) is 0 Å². The van der Waals surface area contributed by atoms with Crippen LogP contribution < -0.4 is 5.32 Å². The SMILES string of the molecule is CC/C=C\C/C=C\C/C=C\C/C=C\C/C=C\CCCCC(O)C(=O)NC(COC1OC(CO)C(O)C(O)C1OC(=O)CCCCCC/C=C\C/C=C\C/C=C\CCCCC)C(O)/C=C/CCCCCCCCCCC. The van der Waals surface area contributed by atoms with Crippen LogP contribution in [0.2, 0.25) is 0 Å². The van der Waals surface area contributed by atoms with Crippen molar-refractivity contribution in [1.29, 1.82) is 0 Å². The Morgan fingerprint density at radius 2 is 0.960 bits per heavy atom. The number of hydrogen-bond acceptors (Lipinski definition) is 10. The van der Waals surface area contributed by atoms with E-state index >= 15 is 0 Å². The molecule has 0 saturated carbocycles. The van der Waals surface area contributed by atoms with Gasteiger partial charge in [0.1, 0.15) is 24.4 Å². The van der Waals surface area contributed by atoms with Gasteiger partial charge >= 0.3 is 5.97 Å². The monoisotopic (exact) mass is 1050 g/mol. The van der Waals surface area contributed by atoms with E-state index in [1.54, 1.807) is 6.08 Å². The van der Waals surface area contributed by atoms with Crippen LogP contribution in [0.5, 0.6) is 0 Å². The van der Waals surface area contributed by atoms with E-state index in [2.05, 4.69) is 123 Å². The van der Waals surface area contributed by atoms with Crippen LogP contribution >= 0.6 is 0 Å². The molecule has 0 aromatic rings. The van der Waals surface area contributed by atoms with Gasteiger partial charge in [0.15, 0.2) is 12.4 Å². The molecular formula is C64H107NO10. The Kier molecular flexibility index (Phi) is 47.2. The van der Waals surface area contributed by atoms with Crippen molar-refractivity contribution in [2.24, 2.45) is 0 Å². The molecule has 0 aliphatic carbocycles. The zero-order valence-corrected chi connectivity index (χ0v) is 47.1. The molecule has 0 aromatic heterocycles. The molecule has 11 nitrogen and oxygen atoms in total. The summed E-state index contributed by atoms with van der Waals surface area (Å²) in [6.07, 6.45) is 58.4. The molecule has 0 spiro atoms. The zero-order chi connectivity index (χ0) is 54.7. The van der Waals surface area contributed by atoms with Crippen molar-refractivity contribution in [3.63, 3.8) is 0 Å². The first-order valence-electron chi connectivity index (χ1n) is 29.7. The highest BCUT2D eigenvalue weighted by molar-refractivity contribution is 5.80. The first-order valence-corrected chi connectivity index (χ1v) is 29.7. The van der Waals surface area contributed by atoms with E-state index in [9.17, 15) is 35.1 Å². The fraction of sp³-hybridized carbons (Fsp3) is 0.688. The summed E-state index contributed by atoms with van der Waals surface area (Å²) in [4.78, 5) is 26.5. The van der Waals surface area contributed by atoms with Crippen LogP contribution in [-0.2, 0) is 23.8 Å². The van der Waals surface area contributed by atoms with E-state index in [1.807, 2.05) is 6.08 Å². The van der Waals surface area contributed by atoms with E-state index in [4.69, 9.17) is 14.2 Å². The highest BCUT2D eigenvalue weighted by atomic mass is 16.7. The molecule has 1 rings (SSSR count). The summed E-state index contributed by atoms with van der Waals surface area (Å²) < 4.78 is 17.5. The van der Waals surface area contributed by atoms with Gasteiger partial charge in [0.2, 0.25) is 5.91 Å². The normalized spacial score (nSPS) is 20.0. The van der Waals surface area contributed by atoms with Crippen LogP contribution in [0.4, 0.5) is 0 Å². The maximum Gasteiger partial charge on any atom is 0.306 e. The number of carbonyl (C=O) groups is 2. The molecule has 0 aromatic carbocycles. The molecule has 6 N–H and O–H groups in total. The van der Waals surface area contributed by atoms with E-state index < -0.39 is 67.4 Å². The van der Waals surface area contributed by atoms with Gasteiger partial charge < -0.3 is 45.1 Å². The first-order chi connectivity index (χ1) is 36.7. The second kappa shape index (κ2) is 51.1. The number of aliphatic hydroxyl groups is 5. The Morgan fingerprint density at radius 3 is 1.47 bits per heavy atom. The van der Waals surface area contributed by atoms with Gasteiger partial charge in [0.25, 0.3) is 0 Å². The maximum absolute atomic E-state index is 13.4. The van der Waals surface area contributed by atoms with Gasteiger partial charge in [-0.1, -0.05) is 214 Å². The Balaban J connectivity index is 2.75. The summed E-state index contributed by atoms with van der Waals surface area (Å²) in [5.41, 5.74) is 0. The van der Waals surface area contributed by atoms with Crippen LogP contribution in [0.15, 0.2) is 109 Å². The van der Waals surface area contributed by atoms with Gasteiger partial charge in [-0.25, -0.2) is 0 Å². The number of esters is 1. The molecule has 1 heterocycles. The van der Waals surface area contributed by atoms with E-state index in [1.165, 1.54) is 57.8 Å². The Hall–Kier alpha value is -3.68. The fourth-order valence-electron chi connectivity index (χ4n) is 8.45. The predicted molar refractivity (Wildman–Crippen MR) is 310 cm³/mol. The minimum absolute atomic E-state index is 0.0878. The van der Waals surface area contributed by atoms with E-state index in [0.29, 0.717) is 12.8 Å². The number of nitrogens with one attached hydrogen (secondary N) is 1. The lowest BCUT2D eigenvalue weighted by Crippen LogP contribution is -2.61. The number of hydrogen-bond donors (Lipinski definition) is 6. The molecule has 0 bridgehead atoms. The topological polar surface area (TPSA) is 175 Å². The fourth-order valence-corrected chi connectivity index (χ4v) is 8.45. The molecule has 75 heavy (non-hydrogen) atoms. The van der Waals surface area contributed by atoms with Gasteiger partial charge in [0.05, 0.1) is 25.4 Å². The third-order valence-electron chi connectivity index (χ3n) is 13.2. The number of rotatable bonds is 48. The third-order valence-corrected chi connectivity index (χ3v) is 13.2. The van der Waals surface area contributed by atoms with Crippen molar-refractivity contribution < 1.29 is 49.3 Å². The van der Waals surface area contributed by atoms with Crippen molar-refractivity contribution >= 4 is 11.9 Å². The largest absolute Gasteiger partial charge is 0.454 e. The van der Waals surface area contributed by atoms with Crippen molar-refractivity contribution in [3.05, 3.63) is 109 Å². The van der Waals surface area contributed by atoms with Gasteiger partial charge in [-0.15, -0.1) is 0 Å². The summed E-state index contributed by atoms with van der Waals surface area (Å²) in [5.74, 6) is -1.26. The number of carbonyl (C=O) groups excluding carboxylic acids is 2. The smallest absolute Gasteiger partial charge is 0.306 e. The number of amides is 1. The summed E-state index contributed by atoms with van der Waals surface area (Å²) in [7, 11) is 0. The summed E-state index contributed by atoms with van der Waals surface area (Å²) in [6, 6.07) is -1.05. The second-order valence-corrected chi connectivity index (χ2v) is 20.0. The number of allylic oxidation sites excluding steroid dienone is 17. The first kappa shape index (κ1) is 69.3. The second-order valence-electron chi connectivity index (χ2n) is 20.0. The van der Waals surface area contributed by atoms with Crippen molar-refractivity contribution in [2.45, 2.75) is 269 Å². The van der Waals surface area contributed by atoms with Gasteiger partial charge in [-0.3, -0.25) is 9.59 Å². The van der Waals surface area contributed by atoms with Gasteiger partial charge in [-0.05, 0) is 109 Å². The van der Waals surface area contributed by atoms with Crippen LogP contribution in [0.1, 0.15) is 220 Å². The number of ether oxygens (including phenoxy) is 3. The van der Waals surface area contributed by atoms with Crippen molar-refractivity contribution in [1.82, 2.24) is 5.32 Å². The summed E-state index contributed by atoms with van der Waals surface area (Å²) in [5, 5.41) is 56.8. The molecular weight excluding hydrogens is 943 g/mol. The van der Waals surface area contributed by atoms with Crippen molar-refractivity contribution in [3.8, 4) is 0 Å². The molecule has 1 aliphatic rings. The highest BCUT2D eigenvalue weighted by Crippen LogP contribution is 2.26. The van der Waals surface area contributed by atoms with E-state index in [-0.39, 0.29) is 19.4 Å². The van der Waals surface area contributed by atoms with Crippen LogP contribution in [-0.4, -0.2) is 99.6 Å². The standard InChI is InChI=1S/C64H107NO10/c1-4-7-10-13-16-19-22-24-26-28-30-31-33-36-39-42-45-48-51-57(68)63(72)65-55(56(67)50-47-44-41-38-35-21-18-15-12-9-6-3)54-73-64-62(61(71)60(70)58(53-66)74-64)75-59(69)52-49-46-43-40-37-34-32-29-27-25-23-20-17-14-11-8-5-2/h7,10,16-17,19-20,24-27,30-32,34,36,39,47,50,55-58,60-62,64,66-68,70-71H,4-6,8-9,11-15,18,21-23,28-29,33,35,37-38,40-46,48-49,51-54H2,1-3H3,(H,65,72)/b10-7-,19-16-,20-17-,26-24-,27-25-,31-30-,34-32-,39-36-,50-47+. The molecule has 1 saturated heterocycles. The Morgan fingerprint density at radius 1 is 0.533 bits per heavy atom. The lowest BCUT2D eigenvalue weighted by atomic mass is 9.99. The average molecular weight is 1050 g/mol. The average Bonchev–Trinajstić information content (AvgIpc) is 3.41. The van der Waals surface area contributed by atoms with Gasteiger partial charge in [-0.2, -0.15) is 0 Å². The van der Waals surface area contributed by atoms with Crippen molar-refractivity contribution in [2.75, 3.05) is 13.2 Å². The highest BCUT2D eigenvalue weighted by Gasteiger charge is 2.47. The quantitative estimate of drug-likeness (QED) is 0.0195. The van der Waals surface area contributed by atoms with Gasteiger partial charge in [0, 0.05) is 6.42 Å². The van der Waals surface area contributed by atoms with E-state index in [0.717, 1.165) is 116 Å². The molecule has 8 atom stereocenters. The Bertz CT molecular complexity index is 1630. The minimum atomic E-state index is -1.64. The molecule has 1 fully saturated rings. The lowest BCUT2D eigenvalue weighted by Gasteiger charge is -2.41. The lowest BCUT2D eigenvalue weighted by molar-refractivity contribution is -0.305. The molecule has 1 amide bonds. The predicted octanol–water partition coefficient (Wildman–Crippen LogP) is 13.7. The molecule has 11 heteroatoms. The minimum Gasteiger partial charge on any atom is -0.454 e. The summed E-state index contributed by atoms with van der Waals surface area (Å²) >= 11 is 0. The molecule has 0 radical (unpaired) electrons. The van der Waals surface area contributed by atoms with Crippen LogP contribution in [0, 0.1) is 0 Å². The Labute approximate surface area is 456 Å².